The first-order valence-electron chi connectivity index (χ1n) is 6.63. The Morgan fingerprint density at radius 3 is 2.47 bits per heavy atom. The van der Waals surface area contributed by atoms with Crippen LogP contribution in [-0.2, 0) is 0 Å². The molecule has 1 aromatic carbocycles. The largest absolute Gasteiger partial charge is 0.302 e. The third kappa shape index (κ3) is 3.61. The van der Waals surface area contributed by atoms with E-state index in [0.717, 1.165) is 12.1 Å². The van der Waals surface area contributed by atoms with Gasteiger partial charge in [0.1, 0.15) is 5.82 Å². The van der Waals surface area contributed by atoms with E-state index in [1.54, 1.807) is 6.07 Å². The molecule has 0 aliphatic rings. The van der Waals surface area contributed by atoms with Crippen molar-refractivity contribution in [1.29, 1.82) is 0 Å². The van der Waals surface area contributed by atoms with Crippen molar-refractivity contribution in [3.05, 3.63) is 65.7 Å². The Kier molecular flexibility index (Phi) is 4.63. The van der Waals surface area contributed by atoms with E-state index in [-0.39, 0.29) is 17.9 Å². The predicted molar refractivity (Wildman–Crippen MR) is 75.2 cm³/mol. The molecule has 1 N–H and O–H groups in total. The van der Waals surface area contributed by atoms with Crippen LogP contribution in [0.3, 0.4) is 0 Å². The predicted octanol–water partition coefficient (Wildman–Crippen LogP) is 4.02. The van der Waals surface area contributed by atoms with E-state index < -0.39 is 0 Å². The average Bonchev–Trinajstić information content (AvgIpc) is 2.46. The van der Waals surface area contributed by atoms with Crippen molar-refractivity contribution in [2.45, 2.75) is 32.4 Å². The van der Waals surface area contributed by atoms with Gasteiger partial charge in [-0.15, -0.1) is 0 Å². The lowest BCUT2D eigenvalue weighted by Crippen LogP contribution is -2.25. The van der Waals surface area contributed by atoms with Gasteiger partial charge in [0.2, 0.25) is 0 Å². The Hall–Kier alpha value is -1.74. The summed E-state index contributed by atoms with van der Waals surface area (Å²) in [6.07, 6.45) is 2.18. The SMILES string of the molecule is CCC(NC(C)c1ccccc1)c1ccc(F)cn1. The molecule has 2 atom stereocenters. The van der Waals surface area contributed by atoms with Gasteiger partial charge in [0.05, 0.1) is 11.9 Å². The number of benzene rings is 1. The summed E-state index contributed by atoms with van der Waals surface area (Å²) >= 11 is 0. The molecule has 2 rings (SSSR count). The highest BCUT2D eigenvalue weighted by Crippen LogP contribution is 2.20. The summed E-state index contributed by atoms with van der Waals surface area (Å²) < 4.78 is 12.9. The lowest BCUT2D eigenvalue weighted by atomic mass is 10.0. The monoisotopic (exact) mass is 258 g/mol. The zero-order valence-corrected chi connectivity index (χ0v) is 11.3. The van der Waals surface area contributed by atoms with E-state index in [1.165, 1.54) is 17.8 Å². The molecule has 100 valence electrons. The highest BCUT2D eigenvalue weighted by atomic mass is 19.1. The van der Waals surface area contributed by atoms with Crippen molar-refractivity contribution in [2.24, 2.45) is 0 Å². The van der Waals surface area contributed by atoms with Gasteiger partial charge in [0, 0.05) is 12.1 Å². The minimum atomic E-state index is -0.297. The first-order chi connectivity index (χ1) is 9.20. The maximum Gasteiger partial charge on any atom is 0.141 e. The molecule has 0 aliphatic heterocycles. The van der Waals surface area contributed by atoms with Crippen molar-refractivity contribution in [3.63, 3.8) is 0 Å². The fourth-order valence-electron chi connectivity index (χ4n) is 2.15. The molecule has 3 heteroatoms. The van der Waals surface area contributed by atoms with Gasteiger partial charge in [-0.25, -0.2) is 4.39 Å². The number of hydrogen-bond donors (Lipinski definition) is 1. The zero-order chi connectivity index (χ0) is 13.7. The van der Waals surface area contributed by atoms with Crippen molar-refractivity contribution in [3.8, 4) is 0 Å². The van der Waals surface area contributed by atoms with Crippen LogP contribution in [0, 0.1) is 5.82 Å². The lowest BCUT2D eigenvalue weighted by Gasteiger charge is -2.22. The van der Waals surface area contributed by atoms with Crippen LogP contribution in [0.25, 0.3) is 0 Å². The number of nitrogens with zero attached hydrogens (tertiary/aromatic N) is 1. The van der Waals surface area contributed by atoms with Crippen LogP contribution >= 0.6 is 0 Å². The van der Waals surface area contributed by atoms with E-state index in [9.17, 15) is 4.39 Å². The summed E-state index contributed by atoms with van der Waals surface area (Å²) in [4.78, 5) is 4.16. The van der Waals surface area contributed by atoms with Crippen LogP contribution in [0.15, 0.2) is 48.7 Å². The van der Waals surface area contributed by atoms with Crippen molar-refractivity contribution in [1.82, 2.24) is 10.3 Å². The molecule has 19 heavy (non-hydrogen) atoms. The fraction of sp³-hybridized carbons (Fsp3) is 0.312. The van der Waals surface area contributed by atoms with Crippen LogP contribution < -0.4 is 5.32 Å². The molecule has 0 saturated carbocycles. The van der Waals surface area contributed by atoms with Crippen LogP contribution in [0.4, 0.5) is 4.39 Å². The highest BCUT2D eigenvalue weighted by molar-refractivity contribution is 5.19. The molecule has 1 heterocycles. The molecule has 2 unspecified atom stereocenters. The normalized spacial score (nSPS) is 14.1. The van der Waals surface area contributed by atoms with Crippen molar-refractivity contribution >= 4 is 0 Å². The van der Waals surface area contributed by atoms with Gasteiger partial charge < -0.3 is 5.32 Å². The van der Waals surface area contributed by atoms with Crippen LogP contribution in [0.2, 0.25) is 0 Å². The van der Waals surface area contributed by atoms with Crippen molar-refractivity contribution in [2.75, 3.05) is 0 Å². The molecule has 2 aromatic rings. The van der Waals surface area contributed by atoms with Crippen molar-refractivity contribution < 1.29 is 4.39 Å². The number of rotatable bonds is 5. The fourth-order valence-corrected chi connectivity index (χ4v) is 2.15. The molecule has 0 radical (unpaired) electrons. The standard InChI is InChI=1S/C16H19FN2/c1-3-15(16-10-9-14(17)11-18-16)19-12(2)13-7-5-4-6-8-13/h4-12,15,19H,3H2,1-2H3. The second-order valence-corrected chi connectivity index (χ2v) is 4.66. The number of halogens is 1. The molecule has 0 fully saturated rings. The Morgan fingerprint density at radius 2 is 1.89 bits per heavy atom. The van der Waals surface area contributed by atoms with Crippen LogP contribution in [0.5, 0.6) is 0 Å². The van der Waals surface area contributed by atoms with Gasteiger partial charge in [-0.2, -0.15) is 0 Å². The minimum Gasteiger partial charge on any atom is -0.302 e. The molecule has 1 aromatic heterocycles. The average molecular weight is 258 g/mol. The number of aromatic nitrogens is 1. The Bertz CT molecular complexity index is 496. The maximum atomic E-state index is 12.9. The summed E-state index contributed by atoms with van der Waals surface area (Å²) in [6.45, 7) is 4.22. The summed E-state index contributed by atoms with van der Waals surface area (Å²) in [6, 6.07) is 13.8. The van der Waals surface area contributed by atoms with Gasteiger partial charge in [0.25, 0.3) is 0 Å². The zero-order valence-electron chi connectivity index (χ0n) is 11.3. The van der Waals surface area contributed by atoms with Gasteiger partial charge in [0.15, 0.2) is 0 Å². The third-order valence-corrected chi connectivity index (χ3v) is 3.27. The Balaban J connectivity index is 2.09. The van der Waals surface area contributed by atoms with Crippen LogP contribution in [-0.4, -0.2) is 4.98 Å². The first kappa shape index (κ1) is 13.7. The quantitative estimate of drug-likeness (QED) is 0.876. The van der Waals surface area contributed by atoms with Crippen LogP contribution in [0.1, 0.15) is 43.6 Å². The summed E-state index contributed by atoms with van der Waals surface area (Å²) in [5.41, 5.74) is 2.12. The van der Waals surface area contributed by atoms with E-state index in [2.05, 4.69) is 36.3 Å². The minimum absolute atomic E-state index is 0.135. The lowest BCUT2D eigenvalue weighted by molar-refractivity contribution is 0.447. The summed E-state index contributed by atoms with van der Waals surface area (Å²) in [5, 5.41) is 3.53. The van der Waals surface area contributed by atoms with Gasteiger partial charge in [-0.05, 0) is 31.0 Å². The Morgan fingerprint density at radius 1 is 1.16 bits per heavy atom. The second-order valence-electron chi connectivity index (χ2n) is 4.66. The Labute approximate surface area is 113 Å². The molecular weight excluding hydrogens is 239 g/mol. The molecule has 0 saturated heterocycles. The summed E-state index contributed by atoms with van der Waals surface area (Å²) in [5.74, 6) is -0.297. The summed E-state index contributed by atoms with van der Waals surface area (Å²) in [7, 11) is 0. The molecule has 0 amide bonds. The van der Waals surface area contributed by atoms with Gasteiger partial charge in [-0.3, -0.25) is 4.98 Å². The third-order valence-electron chi connectivity index (χ3n) is 3.27. The molecule has 0 bridgehead atoms. The molecular formula is C16H19FN2. The number of hydrogen-bond acceptors (Lipinski definition) is 2. The second kappa shape index (κ2) is 6.43. The van der Waals surface area contributed by atoms with Gasteiger partial charge in [-0.1, -0.05) is 37.3 Å². The van der Waals surface area contributed by atoms with Gasteiger partial charge >= 0.3 is 0 Å². The molecule has 0 spiro atoms. The van der Waals surface area contributed by atoms with E-state index in [1.807, 2.05) is 18.2 Å². The van der Waals surface area contributed by atoms with E-state index in [0.29, 0.717) is 0 Å². The highest BCUT2D eigenvalue weighted by Gasteiger charge is 2.14. The van der Waals surface area contributed by atoms with E-state index >= 15 is 0 Å². The molecule has 0 aliphatic carbocycles. The van der Waals surface area contributed by atoms with E-state index in [4.69, 9.17) is 0 Å². The first-order valence-corrected chi connectivity index (χ1v) is 6.63. The topological polar surface area (TPSA) is 24.9 Å². The number of pyridine rings is 1. The number of nitrogens with one attached hydrogen (secondary N) is 1. The maximum absolute atomic E-state index is 12.9. The smallest absolute Gasteiger partial charge is 0.141 e. The molecule has 2 nitrogen and oxygen atoms in total.